The maximum atomic E-state index is 10.3. The molecule has 0 spiro atoms. The second kappa shape index (κ2) is 4.57. The number of hydrogen-bond acceptors (Lipinski definition) is 3. The minimum atomic E-state index is -0.412. The summed E-state index contributed by atoms with van der Waals surface area (Å²) in [5.41, 5.74) is 1.06. The zero-order valence-electron chi connectivity index (χ0n) is 7.40. The van der Waals surface area contributed by atoms with Crippen molar-refractivity contribution in [2.24, 2.45) is 0 Å². The fourth-order valence-corrected chi connectivity index (χ4v) is 0.934. The Morgan fingerprint density at radius 3 is 2.46 bits per heavy atom. The van der Waals surface area contributed by atoms with Crippen LogP contribution in [0.3, 0.4) is 0 Å². The van der Waals surface area contributed by atoms with Crippen molar-refractivity contribution in [1.29, 1.82) is 0 Å². The van der Waals surface area contributed by atoms with Crippen LogP contribution in [-0.4, -0.2) is 11.5 Å². The Kier molecular flexibility index (Phi) is 3.40. The molecule has 0 saturated carbocycles. The smallest absolute Gasteiger partial charge is 0.269 e. The topological polar surface area (TPSA) is 52.4 Å². The largest absolute Gasteiger partial charge is 0.377 e. The zero-order valence-corrected chi connectivity index (χ0v) is 7.40. The van der Waals surface area contributed by atoms with E-state index >= 15 is 0 Å². The standard InChI is InChI=1S/C9H11NO3/c1-2-13-7-8-3-5-9(6-4-8)10(11)12/h3-6H,2,7H2,1H3. The molecule has 70 valence electrons. The Morgan fingerprint density at radius 1 is 1.38 bits per heavy atom. The lowest BCUT2D eigenvalue weighted by atomic mass is 10.2. The van der Waals surface area contributed by atoms with Crippen LogP contribution in [0.25, 0.3) is 0 Å². The highest BCUT2D eigenvalue weighted by molar-refractivity contribution is 5.32. The van der Waals surface area contributed by atoms with Gasteiger partial charge in [0.25, 0.3) is 5.69 Å². The van der Waals surface area contributed by atoms with Crippen LogP contribution in [0.1, 0.15) is 12.5 Å². The van der Waals surface area contributed by atoms with Gasteiger partial charge in [-0.2, -0.15) is 0 Å². The molecule has 0 atom stereocenters. The Bertz CT molecular complexity index is 281. The summed E-state index contributed by atoms with van der Waals surface area (Å²) in [6.07, 6.45) is 0. The molecular weight excluding hydrogens is 170 g/mol. The van der Waals surface area contributed by atoms with Gasteiger partial charge in [-0.3, -0.25) is 10.1 Å². The van der Waals surface area contributed by atoms with Crippen LogP contribution in [0.4, 0.5) is 5.69 Å². The van der Waals surface area contributed by atoms with E-state index in [4.69, 9.17) is 4.74 Å². The van der Waals surface area contributed by atoms with Gasteiger partial charge in [-0.15, -0.1) is 0 Å². The average molecular weight is 181 g/mol. The van der Waals surface area contributed by atoms with Crippen LogP contribution in [0.15, 0.2) is 24.3 Å². The van der Waals surface area contributed by atoms with Crippen LogP contribution < -0.4 is 0 Å². The normalized spacial score (nSPS) is 9.92. The molecular formula is C9H11NO3. The van der Waals surface area contributed by atoms with Gasteiger partial charge in [0.1, 0.15) is 0 Å². The van der Waals surface area contributed by atoms with Crippen molar-refractivity contribution in [1.82, 2.24) is 0 Å². The molecule has 0 radical (unpaired) electrons. The number of nitro benzene ring substituents is 1. The van der Waals surface area contributed by atoms with Gasteiger partial charge in [0.05, 0.1) is 11.5 Å². The summed E-state index contributed by atoms with van der Waals surface area (Å²) in [4.78, 5) is 9.89. The number of nitro groups is 1. The van der Waals surface area contributed by atoms with Crippen molar-refractivity contribution < 1.29 is 9.66 Å². The first-order chi connectivity index (χ1) is 6.24. The molecule has 4 heteroatoms. The Hall–Kier alpha value is -1.42. The third-order valence-corrected chi connectivity index (χ3v) is 1.62. The van der Waals surface area contributed by atoms with Crippen molar-refractivity contribution in [3.05, 3.63) is 39.9 Å². The molecule has 1 aromatic carbocycles. The monoisotopic (exact) mass is 181 g/mol. The van der Waals surface area contributed by atoms with E-state index in [1.54, 1.807) is 12.1 Å². The molecule has 0 fully saturated rings. The molecule has 0 aliphatic heterocycles. The van der Waals surface area contributed by atoms with Crippen LogP contribution in [0, 0.1) is 10.1 Å². The molecule has 1 aromatic rings. The fourth-order valence-electron chi connectivity index (χ4n) is 0.934. The molecule has 0 bridgehead atoms. The minimum Gasteiger partial charge on any atom is -0.377 e. The molecule has 0 aliphatic carbocycles. The minimum absolute atomic E-state index is 0.111. The molecule has 0 aromatic heterocycles. The summed E-state index contributed by atoms with van der Waals surface area (Å²) in [6.45, 7) is 3.07. The van der Waals surface area contributed by atoms with Gasteiger partial charge in [-0.25, -0.2) is 0 Å². The van der Waals surface area contributed by atoms with Crippen molar-refractivity contribution in [2.45, 2.75) is 13.5 Å². The number of rotatable bonds is 4. The molecule has 0 N–H and O–H groups in total. The Balaban J connectivity index is 2.64. The van der Waals surface area contributed by atoms with Crippen LogP contribution in [0.5, 0.6) is 0 Å². The summed E-state index contributed by atoms with van der Waals surface area (Å²) in [7, 11) is 0. The van der Waals surface area contributed by atoms with E-state index in [0.717, 1.165) is 5.56 Å². The molecule has 4 nitrogen and oxygen atoms in total. The van der Waals surface area contributed by atoms with Crippen molar-refractivity contribution in [3.63, 3.8) is 0 Å². The van der Waals surface area contributed by atoms with E-state index in [1.165, 1.54) is 12.1 Å². The SMILES string of the molecule is CCOCc1ccc([N+](=O)[O-])cc1. The number of non-ortho nitro benzene ring substituents is 1. The molecule has 0 aliphatic rings. The van der Waals surface area contributed by atoms with Crippen LogP contribution in [0.2, 0.25) is 0 Å². The second-order valence-electron chi connectivity index (χ2n) is 2.56. The fraction of sp³-hybridized carbons (Fsp3) is 0.333. The number of ether oxygens (including phenoxy) is 1. The third-order valence-electron chi connectivity index (χ3n) is 1.62. The second-order valence-corrected chi connectivity index (χ2v) is 2.56. The van der Waals surface area contributed by atoms with Gasteiger partial charge >= 0.3 is 0 Å². The van der Waals surface area contributed by atoms with Gasteiger partial charge in [-0.1, -0.05) is 0 Å². The highest BCUT2D eigenvalue weighted by Gasteiger charge is 2.02. The first kappa shape index (κ1) is 9.67. The highest BCUT2D eigenvalue weighted by atomic mass is 16.6. The lowest BCUT2D eigenvalue weighted by molar-refractivity contribution is -0.384. The van der Waals surface area contributed by atoms with Gasteiger partial charge < -0.3 is 4.74 Å². The quantitative estimate of drug-likeness (QED) is 0.528. The molecule has 0 amide bonds. The predicted octanol–water partition coefficient (Wildman–Crippen LogP) is 2.13. The Labute approximate surface area is 76.3 Å². The molecule has 13 heavy (non-hydrogen) atoms. The molecule has 0 saturated heterocycles. The van der Waals surface area contributed by atoms with Gasteiger partial charge in [-0.05, 0) is 24.6 Å². The van der Waals surface area contributed by atoms with E-state index in [9.17, 15) is 10.1 Å². The number of nitrogens with zero attached hydrogens (tertiary/aromatic N) is 1. The molecule has 0 unspecified atom stereocenters. The summed E-state index contributed by atoms with van der Waals surface area (Å²) >= 11 is 0. The third kappa shape index (κ3) is 2.83. The van der Waals surface area contributed by atoms with E-state index in [1.807, 2.05) is 6.92 Å². The summed E-state index contributed by atoms with van der Waals surface area (Å²) in [5, 5.41) is 10.3. The van der Waals surface area contributed by atoms with Crippen molar-refractivity contribution >= 4 is 5.69 Å². The van der Waals surface area contributed by atoms with E-state index in [-0.39, 0.29) is 5.69 Å². The maximum Gasteiger partial charge on any atom is 0.269 e. The predicted molar refractivity (Wildman–Crippen MR) is 48.4 cm³/mol. The average Bonchev–Trinajstić information content (AvgIpc) is 2.15. The first-order valence-corrected chi connectivity index (χ1v) is 4.05. The first-order valence-electron chi connectivity index (χ1n) is 4.05. The summed E-state index contributed by atoms with van der Waals surface area (Å²) in [5.74, 6) is 0. The van der Waals surface area contributed by atoms with Crippen LogP contribution in [-0.2, 0) is 11.3 Å². The number of benzene rings is 1. The van der Waals surface area contributed by atoms with Gasteiger partial charge in [0.15, 0.2) is 0 Å². The van der Waals surface area contributed by atoms with Gasteiger partial charge in [0.2, 0.25) is 0 Å². The molecule has 0 heterocycles. The van der Waals surface area contributed by atoms with E-state index < -0.39 is 4.92 Å². The van der Waals surface area contributed by atoms with Gasteiger partial charge in [0, 0.05) is 18.7 Å². The summed E-state index contributed by atoms with van der Waals surface area (Å²) in [6, 6.07) is 6.37. The zero-order chi connectivity index (χ0) is 9.68. The lowest BCUT2D eigenvalue weighted by Gasteiger charge is -1.99. The van der Waals surface area contributed by atoms with Crippen molar-refractivity contribution in [3.8, 4) is 0 Å². The van der Waals surface area contributed by atoms with E-state index in [0.29, 0.717) is 13.2 Å². The lowest BCUT2D eigenvalue weighted by Crippen LogP contribution is -1.92. The molecule has 1 rings (SSSR count). The van der Waals surface area contributed by atoms with E-state index in [2.05, 4.69) is 0 Å². The number of hydrogen-bond donors (Lipinski definition) is 0. The summed E-state index contributed by atoms with van der Waals surface area (Å²) < 4.78 is 5.15. The Morgan fingerprint density at radius 2 is 2.00 bits per heavy atom. The maximum absolute atomic E-state index is 10.3. The van der Waals surface area contributed by atoms with Crippen molar-refractivity contribution in [2.75, 3.05) is 6.61 Å². The van der Waals surface area contributed by atoms with Crippen LogP contribution >= 0.6 is 0 Å². The highest BCUT2D eigenvalue weighted by Crippen LogP contribution is 2.12.